The first-order valence-corrected chi connectivity index (χ1v) is 3.86. The maximum Gasteiger partial charge on any atom is 0.488 e. The summed E-state index contributed by atoms with van der Waals surface area (Å²) >= 11 is 0. The molecule has 0 bridgehead atoms. The largest absolute Gasteiger partial charge is 0.488 e. The smallest absolute Gasteiger partial charge is 0.248 e. The number of rotatable bonds is 0. The summed E-state index contributed by atoms with van der Waals surface area (Å²) in [6.07, 6.45) is -10.5. The van der Waals surface area contributed by atoms with E-state index in [9.17, 15) is 31.1 Å². The Hall–Kier alpha value is -1.15. The third-order valence-electron chi connectivity index (χ3n) is 1.84. The van der Waals surface area contributed by atoms with Gasteiger partial charge in [-0.3, -0.25) is 0 Å². The molecule has 1 saturated heterocycles. The molecule has 88 valence electrons. The monoisotopic (exact) mass is 236 g/mol. The Balaban J connectivity index is 2.86. The lowest BCUT2D eigenvalue weighted by Gasteiger charge is -2.36. The Morgan fingerprint density at radius 1 is 0.867 bits per heavy atom. The molecule has 0 aromatic heterocycles. The minimum absolute atomic E-state index is 0.370. The molecular weight excluding hydrogens is 230 g/mol. The lowest BCUT2D eigenvalue weighted by atomic mass is 10.3. The molecule has 1 aliphatic rings. The maximum absolute atomic E-state index is 12.1. The molecule has 0 aromatic carbocycles. The van der Waals surface area contributed by atoms with Crippen LogP contribution in [0.5, 0.6) is 0 Å². The van der Waals surface area contributed by atoms with E-state index in [-0.39, 0.29) is 6.42 Å². The molecule has 1 heterocycles. The van der Waals surface area contributed by atoms with Crippen molar-refractivity contribution in [3.63, 3.8) is 0 Å². The molecule has 2 amide bonds. The van der Waals surface area contributed by atoms with Crippen LogP contribution < -0.4 is 0 Å². The second-order valence-electron chi connectivity index (χ2n) is 2.88. The van der Waals surface area contributed by atoms with Crippen molar-refractivity contribution in [1.82, 2.24) is 9.80 Å². The third-order valence-corrected chi connectivity index (χ3v) is 1.84. The Kier molecular flexibility index (Phi) is 2.75. The van der Waals surface area contributed by atoms with Crippen LogP contribution in [0.3, 0.4) is 0 Å². The summed E-state index contributed by atoms with van der Waals surface area (Å²) in [5.74, 6) is 0. The van der Waals surface area contributed by atoms with Gasteiger partial charge in [0.1, 0.15) is 0 Å². The van der Waals surface area contributed by atoms with Gasteiger partial charge in [-0.25, -0.2) is 14.6 Å². The lowest BCUT2D eigenvalue weighted by molar-refractivity contribution is -0.264. The van der Waals surface area contributed by atoms with Gasteiger partial charge in [-0.1, -0.05) is 0 Å². The number of hydrogen-bond acceptors (Lipinski definition) is 1. The van der Waals surface area contributed by atoms with Crippen LogP contribution in [0.2, 0.25) is 0 Å². The predicted molar refractivity (Wildman–Crippen MR) is 35.5 cm³/mol. The summed E-state index contributed by atoms with van der Waals surface area (Å²) in [4.78, 5) is 9.34. The van der Waals surface area contributed by atoms with E-state index in [0.717, 1.165) is 0 Å². The zero-order valence-electron chi connectivity index (χ0n) is 7.19. The number of nitrogens with zero attached hydrogens (tertiary/aromatic N) is 2. The standard InChI is InChI=1S/C6H6F6N2O/c7-5(8,9)13-2-1-3-14(4(13)15)6(10,11)12/h1-3H2. The zero-order valence-corrected chi connectivity index (χ0v) is 7.19. The minimum Gasteiger partial charge on any atom is -0.248 e. The van der Waals surface area contributed by atoms with Crippen molar-refractivity contribution in [2.24, 2.45) is 0 Å². The van der Waals surface area contributed by atoms with Crippen molar-refractivity contribution in [3.05, 3.63) is 0 Å². The molecule has 0 N–H and O–H groups in total. The Bertz CT molecular complexity index is 235. The molecule has 0 radical (unpaired) electrons. The van der Waals surface area contributed by atoms with Crippen molar-refractivity contribution in [1.29, 1.82) is 0 Å². The van der Waals surface area contributed by atoms with E-state index >= 15 is 0 Å². The van der Waals surface area contributed by atoms with Gasteiger partial charge in [-0.15, -0.1) is 26.3 Å². The van der Waals surface area contributed by atoms with Gasteiger partial charge in [0, 0.05) is 13.1 Å². The number of halogens is 6. The van der Waals surface area contributed by atoms with Crippen LogP contribution in [0.1, 0.15) is 6.42 Å². The van der Waals surface area contributed by atoms with Crippen LogP contribution in [-0.2, 0) is 0 Å². The fourth-order valence-electron chi connectivity index (χ4n) is 1.19. The maximum atomic E-state index is 12.1. The minimum atomic E-state index is -5.07. The quantitative estimate of drug-likeness (QED) is 0.467. The van der Waals surface area contributed by atoms with Gasteiger partial charge in [0.15, 0.2) is 0 Å². The predicted octanol–water partition coefficient (Wildman–Crippen LogP) is 2.15. The van der Waals surface area contributed by atoms with Crippen LogP contribution in [0.15, 0.2) is 0 Å². The highest BCUT2D eigenvalue weighted by atomic mass is 19.4. The molecule has 1 fully saturated rings. The van der Waals surface area contributed by atoms with Gasteiger partial charge in [-0.2, -0.15) is 0 Å². The first kappa shape index (κ1) is 11.9. The second-order valence-corrected chi connectivity index (χ2v) is 2.88. The Labute approximate surface area is 80.2 Å². The summed E-state index contributed by atoms with van der Waals surface area (Å²) in [6, 6.07) is -2.07. The number of amides is 2. The summed E-state index contributed by atoms with van der Waals surface area (Å²) in [5, 5.41) is 0. The second kappa shape index (κ2) is 3.46. The first-order chi connectivity index (χ1) is 6.64. The van der Waals surface area contributed by atoms with E-state index in [0.29, 0.717) is 0 Å². The summed E-state index contributed by atoms with van der Waals surface area (Å²) in [7, 11) is 0. The van der Waals surface area contributed by atoms with Crippen molar-refractivity contribution >= 4 is 6.03 Å². The topological polar surface area (TPSA) is 23.6 Å². The van der Waals surface area contributed by atoms with Crippen LogP contribution >= 0.6 is 0 Å². The summed E-state index contributed by atoms with van der Waals surface area (Å²) in [6.45, 7) is -1.48. The van der Waals surface area contributed by atoms with E-state index in [2.05, 4.69) is 0 Å². The van der Waals surface area contributed by atoms with Crippen molar-refractivity contribution in [2.75, 3.05) is 13.1 Å². The third kappa shape index (κ3) is 2.45. The Morgan fingerprint density at radius 3 is 1.47 bits per heavy atom. The lowest BCUT2D eigenvalue weighted by Crippen LogP contribution is -2.58. The van der Waals surface area contributed by atoms with Gasteiger partial charge >= 0.3 is 18.6 Å². The van der Waals surface area contributed by atoms with Crippen LogP contribution in [0.25, 0.3) is 0 Å². The van der Waals surface area contributed by atoms with E-state index in [1.54, 1.807) is 0 Å². The van der Waals surface area contributed by atoms with Crippen molar-refractivity contribution in [3.8, 4) is 0 Å². The van der Waals surface area contributed by atoms with Crippen LogP contribution in [0.4, 0.5) is 31.1 Å². The zero-order chi connectivity index (χ0) is 11.9. The molecule has 0 spiro atoms. The number of urea groups is 1. The summed E-state index contributed by atoms with van der Waals surface area (Å²) < 4.78 is 72.4. The van der Waals surface area contributed by atoms with Crippen LogP contribution in [-0.4, -0.2) is 41.5 Å². The average molecular weight is 236 g/mol. The average Bonchev–Trinajstić information content (AvgIpc) is 1.99. The SMILES string of the molecule is O=C1N(C(F)(F)F)CCCN1C(F)(F)F. The highest BCUT2D eigenvalue weighted by Gasteiger charge is 2.51. The van der Waals surface area contributed by atoms with E-state index < -0.39 is 41.5 Å². The van der Waals surface area contributed by atoms with E-state index in [4.69, 9.17) is 0 Å². The van der Waals surface area contributed by atoms with E-state index in [1.165, 1.54) is 0 Å². The molecule has 0 saturated carbocycles. The molecule has 3 nitrogen and oxygen atoms in total. The number of carbonyl (C=O) groups excluding carboxylic acids is 1. The van der Waals surface area contributed by atoms with Crippen LogP contribution in [0, 0.1) is 0 Å². The number of carbonyl (C=O) groups is 1. The molecule has 0 aromatic rings. The van der Waals surface area contributed by atoms with Gasteiger partial charge in [0.2, 0.25) is 0 Å². The first-order valence-electron chi connectivity index (χ1n) is 3.86. The molecule has 1 aliphatic heterocycles. The normalized spacial score (nSPS) is 19.7. The Morgan fingerprint density at radius 2 is 1.20 bits per heavy atom. The number of hydrogen-bond donors (Lipinski definition) is 0. The molecular formula is C6H6F6N2O. The van der Waals surface area contributed by atoms with Crippen molar-refractivity contribution in [2.45, 2.75) is 19.0 Å². The highest BCUT2D eigenvalue weighted by molar-refractivity contribution is 5.75. The van der Waals surface area contributed by atoms with Gasteiger partial charge < -0.3 is 0 Å². The van der Waals surface area contributed by atoms with Gasteiger partial charge in [-0.05, 0) is 6.42 Å². The molecule has 0 atom stereocenters. The molecule has 15 heavy (non-hydrogen) atoms. The summed E-state index contributed by atoms with van der Waals surface area (Å²) in [5.41, 5.74) is 0. The van der Waals surface area contributed by atoms with Gasteiger partial charge in [0.05, 0.1) is 0 Å². The molecule has 0 aliphatic carbocycles. The van der Waals surface area contributed by atoms with E-state index in [1.807, 2.05) is 0 Å². The molecule has 0 unspecified atom stereocenters. The molecule has 9 heteroatoms. The number of alkyl halides is 6. The van der Waals surface area contributed by atoms with Gasteiger partial charge in [0.25, 0.3) is 0 Å². The fraction of sp³-hybridized carbons (Fsp3) is 0.833. The molecule has 1 rings (SSSR count). The fourth-order valence-corrected chi connectivity index (χ4v) is 1.19. The van der Waals surface area contributed by atoms with Crippen molar-refractivity contribution < 1.29 is 31.1 Å². The highest BCUT2D eigenvalue weighted by Crippen LogP contribution is 2.31.